The molecule has 0 saturated carbocycles. The van der Waals surface area contributed by atoms with Gasteiger partial charge in [0.1, 0.15) is 24.1 Å². The summed E-state index contributed by atoms with van der Waals surface area (Å²) in [6, 6.07) is 5.53. The van der Waals surface area contributed by atoms with E-state index in [0.29, 0.717) is 31.2 Å². The summed E-state index contributed by atoms with van der Waals surface area (Å²) >= 11 is 1.66. The summed E-state index contributed by atoms with van der Waals surface area (Å²) < 4.78 is 5.77. The maximum absolute atomic E-state index is 13.3. The van der Waals surface area contributed by atoms with Crippen molar-refractivity contribution in [1.82, 2.24) is 4.90 Å². The lowest BCUT2D eigenvalue weighted by Gasteiger charge is -2.42. The predicted molar refractivity (Wildman–Crippen MR) is 99.4 cm³/mol. The molecular formula is C18H23N3O3S. The topological polar surface area (TPSA) is 53.1 Å². The molecule has 1 saturated heterocycles. The minimum Gasteiger partial charge on any atom is -0.489 e. The standard InChI is InChI=1S/C18H23N3O3S/c1-2-4-16(22)21-12-25-11-14(21)18(23)20-8-7-19-9-10-24-15-6-3-5-13(20)17(15)19/h3,5-6,14H,2,4,7-12H2,1H3. The number of para-hydroxylation sites is 1. The number of carbonyl (C=O) groups excluding carboxylic acids is 2. The van der Waals surface area contributed by atoms with Crippen molar-refractivity contribution in [3.8, 4) is 5.75 Å². The van der Waals surface area contributed by atoms with Crippen molar-refractivity contribution < 1.29 is 14.3 Å². The first-order valence-electron chi connectivity index (χ1n) is 8.90. The summed E-state index contributed by atoms with van der Waals surface area (Å²) in [5, 5.41) is 0. The third kappa shape index (κ3) is 2.84. The molecule has 1 aromatic rings. The molecule has 1 unspecified atom stereocenters. The highest BCUT2D eigenvalue weighted by molar-refractivity contribution is 7.99. The first-order chi connectivity index (χ1) is 12.2. The molecule has 0 bridgehead atoms. The Bertz CT molecular complexity index is 696. The van der Waals surface area contributed by atoms with E-state index in [1.165, 1.54) is 0 Å². The summed E-state index contributed by atoms with van der Waals surface area (Å²) in [6.07, 6.45) is 1.32. The van der Waals surface area contributed by atoms with Crippen molar-refractivity contribution in [3.63, 3.8) is 0 Å². The normalized spacial score (nSPS) is 21.8. The van der Waals surface area contributed by atoms with Gasteiger partial charge in [0.05, 0.1) is 18.1 Å². The molecule has 6 nitrogen and oxygen atoms in total. The molecule has 0 spiro atoms. The quantitative estimate of drug-likeness (QED) is 0.823. The summed E-state index contributed by atoms with van der Waals surface area (Å²) in [6.45, 7) is 5.00. The molecule has 0 N–H and O–H groups in total. The first kappa shape index (κ1) is 16.6. The van der Waals surface area contributed by atoms with Gasteiger partial charge in [-0.05, 0) is 18.6 Å². The van der Waals surface area contributed by atoms with Crippen LogP contribution in [0.5, 0.6) is 5.75 Å². The summed E-state index contributed by atoms with van der Waals surface area (Å²) in [5.74, 6) is 2.27. The number of hydrogen-bond donors (Lipinski definition) is 0. The van der Waals surface area contributed by atoms with Crippen molar-refractivity contribution in [2.45, 2.75) is 25.8 Å². The Kier molecular flexibility index (Phi) is 4.50. The average Bonchev–Trinajstić information content (AvgIpc) is 3.12. The van der Waals surface area contributed by atoms with Crippen LogP contribution in [-0.2, 0) is 9.59 Å². The second kappa shape index (κ2) is 6.78. The first-order valence-corrected chi connectivity index (χ1v) is 10.1. The zero-order valence-corrected chi connectivity index (χ0v) is 15.3. The van der Waals surface area contributed by atoms with E-state index in [9.17, 15) is 9.59 Å². The zero-order valence-electron chi connectivity index (χ0n) is 14.4. The molecule has 1 fully saturated rings. The van der Waals surface area contributed by atoms with Gasteiger partial charge in [0.15, 0.2) is 0 Å². The molecule has 3 heterocycles. The molecule has 134 valence electrons. The van der Waals surface area contributed by atoms with Gasteiger partial charge >= 0.3 is 0 Å². The van der Waals surface area contributed by atoms with Crippen LogP contribution in [0.3, 0.4) is 0 Å². The zero-order chi connectivity index (χ0) is 17.4. The van der Waals surface area contributed by atoms with Crippen molar-refractivity contribution in [2.75, 3.05) is 47.7 Å². The van der Waals surface area contributed by atoms with Crippen LogP contribution >= 0.6 is 11.8 Å². The summed E-state index contributed by atoms with van der Waals surface area (Å²) in [7, 11) is 0. The number of hydrogen-bond acceptors (Lipinski definition) is 5. The van der Waals surface area contributed by atoms with Crippen LogP contribution in [0.4, 0.5) is 11.4 Å². The molecule has 0 radical (unpaired) electrons. The lowest BCUT2D eigenvalue weighted by atomic mass is 10.1. The van der Waals surface area contributed by atoms with E-state index in [1.54, 1.807) is 16.7 Å². The molecule has 1 aromatic carbocycles. The van der Waals surface area contributed by atoms with E-state index in [4.69, 9.17) is 4.74 Å². The molecular weight excluding hydrogens is 338 g/mol. The minimum atomic E-state index is -0.351. The second-order valence-electron chi connectivity index (χ2n) is 6.58. The summed E-state index contributed by atoms with van der Waals surface area (Å²) in [4.78, 5) is 31.5. The number of amides is 2. The van der Waals surface area contributed by atoms with Gasteiger partial charge in [0, 0.05) is 25.3 Å². The maximum atomic E-state index is 13.3. The number of nitrogens with zero attached hydrogens (tertiary/aromatic N) is 3. The largest absolute Gasteiger partial charge is 0.489 e. The Morgan fingerprint density at radius 3 is 3.00 bits per heavy atom. The third-order valence-corrected chi connectivity index (χ3v) is 6.03. The van der Waals surface area contributed by atoms with E-state index < -0.39 is 0 Å². The molecule has 4 rings (SSSR count). The van der Waals surface area contributed by atoms with E-state index in [1.807, 2.05) is 30.0 Å². The van der Waals surface area contributed by atoms with E-state index in [2.05, 4.69) is 4.90 Å². The molecule has 7 heteroatoms. The smallest absolute Gasteiger partial charge is 0.250 e. The Morgan fingerprint density at radius 1 is 1.28 bits per heavy atom. The van der Waals surface area contributed by atoms with Gasteiger partial charge in [-0.1, -0.05) is 13.0 Å². The summed E-state index contributed by atoms with van der Waals surface area (Å²) in [5.41, 5.74) is 1.93. The van der Waals surface area contributed by atoms with Crippen molar-refractivity contribution in [2.24, 2.45) is 0 Å². The number of benzene rings is 1. The van der Waals surface area contributed by atoms with Crippen LogP contribution in [-0.4, -0.2) is 60.6 Å². The van der Waals surface area contributed by atoms with Gasteiger partial charge in [0.25, 0.3) is 5.91 Å². The molecule has 0 aliphatic carbocycles. The van der Waals surface area contributed by atoms with Crippen LogP contribution in [0.1, 0.15) is 19.8 Å². The van der Waals surface area contributed by atoms with Crippen LogP contribution in [0.15, 0.2) is 18.2 Å². The number of anilines is 2. The second-order valence-corrected chi connectivity index (χ2v) is 7.58. The Labute approximate surface area is 152 Å². The van der Waals surface area contributed by atoms with Crippen LogP contribution in [0.2, 0.25) is 0 Å². The number of ether oxygens (including phenoxy) is 1. The number of thioether (sulfide) groups is 1. The van der Waals surface area contributed by atoms with Crippen molar-refractivity contribution in [3.05, 3.63) is 18.2 Å². The molecule has 25 heavy (non-hydrogen) atoms. The minimum absolute atomic E-state index is 0.0353. The lowest BCUT2D eigenvalue weighted by molar-refractivity contribution is -0.137. The monoisotopic (exact) mass is 361 g/mol. The Morgan fingerprint density at radius 2 is 2.16 bits per heavy atom. The van der Waals surface area contributed by atoms with Gasteiger partial charge in [-0.2, -0.15) is 0 Å². The van der Waals surface area contributed by atoms with Crippen LogP contribution < -0.4 is 14.5 Å². The van der Waals surface area contributed by atoms with Gasteiger partial charge < -0.3 is 19.4 Å². The molecule has 2 amide bonds. The van der Waals surface area contributed by atoms with Gasteiger partial charge in [-0.3, -0.25) is 9.59 Å². The molecule has 0 aromatic heterocycles. The van der Waals surface area contributed by atoms with Crippen molar-refractivity contribution in [1.29, 1.82) is 0 Å². The van der Waals surface area contributed by atoms with Crippen LogP contribution in [0, 0.1) is 0 Å². The van der Waals surface area contributed by atoms with E-state index >= 15 is 0 Å². The van der Waals surface area contributed by atoms with Gasteiger partial charge in [0.2, 0.25) is 5.91 Å². The predicted octanol–water partition coefficient (Wildman–Crippen LogP) is 1.93. The number of rotatable bonds is 3. The van der Waals surface area contributed by atoms with Crippen molar-refractivity contribution >= 4 is 35.0 Å². The van der Waals surface area contributed by atoms with Gasteiger partial charge in [-0.15, -0.1) is 11.8 Å². The third-order valence-electron chi connectivity index (χ3n) is 5.01. The average molecular weight is 361 g/mol. The van der Waals surface area contributed by atoms with E-state index in [0.717, 1.165) is 36.6 Å². The fourth-order valence-electron chi connectivity index (χ4n) is 3.76. The fourth-order valence-corrected chi connectivity index (χ4v) is 4.94. The maximum Gasteiger partial charge on any atom is 0.250 e. The highest BCUT2D eigenvalue weighted by Gasteiger charge is 2.40. The lowest BCUT2D eigenvalue weighted by Crippen LogP contribution is -2.53. The number of carbonyl (C=O) groups is 2. The Balaban J connectivity index is 1.62. The van der Waals surface area contributed by atoms with E-state index in [-0.39, 0.29) is 17.9 Å². The molecule has 3 aliphatic rings. The highest BCUT2D eigenvalue weighted by Crippen LogP contribution is 2.43. The highest BCUT2D eigenvalue weighted by atomic mass is 32.2. The fraction of sp³-hybridized carbons (Fsp3) is 0.556. The molecule has 3 aliphatic heterocycles. The Hall–Kier alpha value is -1.89. The van der Waals surface area contributed by atoms with Crippen LogP contribution in [0.25, 0.3) is 0 Å². The SMILES string of the molecule is CCCC(=O)N1CSCC1C(=O)N1CCN2CCOc3cccc1c32. The molecule has 1 atom stereocenters. The van der Waals surface area contributed by atoms with Gasteiger partial charge in [-0.25, -0.2) is 0 Å².